The molecule has 0 atom stereocenters. The van der Waals surface area contributed by atoms with Gasteiger partial charge in [0.15, 0.2) is 6.61 Å². The van der Waals surface area contributed by atoms with Crippen molar-refractivity contribution in [3.05, 3.63) is 56.1 Å². The first-order chi connectivity index (χ1) is 18.2. The molecule has 2 aromatic rings. The first-order valence-electron chi connectivity index (χ1n) is 12.8. The highest BCUT2D eigenvalue weighted by Crippen LogP contribution is 2.31. The van der Waals surface area contributed by atoms with Crippen LogP contribution in [0.2, 0.25) is 30.7 Å². The summed E-state index contributed by atoms with van der Waals surface area (Å²) >= 11 is 6.09. The standard InChI is InChI=1S/C25H35ClF4N4O4Si/c1-39(2,3)14-13-37-18-33-16-20(26)23(35)34(24(33)36)8-4-7-31-9-11-32(12-10-31)21-6-5-19(27)15-22(21)38-17-25(28,29)30/h5-6,15-16H,4,7-14,17-18H2,1-3H3. The monoisotopic (exact) mass is 594 g/mol. The van der Waals surface area contributed by atoms with Crippen molar-refractivity contribution in [3.8, 4) is 5.75 Å². The number of halogens is 5. The van der Waals surface area contributed by atoms with Crippen molar-refractivity contribution < 1.29 is 27.0 Å². The molecule has 1 saturated heterocycles. The van der Waals surface area contributed by atoms with E-state index in [9.17, 15) is 27.2 Å². The Labute approximate surface area is 230 Å². The largest absolute Gasteiger partial charge is 0.482 e. The molecule has 1 fully saturated rings. The Balaban J connectivity index is 1.54. The van der Waals surface area contributed by atoms with Crippen LogP contribution in [0.4, 0.5) is 23.2 Å². The summed E-state index contributed by atoms with van der Waals surface area (Å²) in [6, 6.07) is 4.52. The van der Waals surface area contributed by atoms with Crippen LogP contribution in [0.25, 0.3) is 0 Å². The maximum absolute atomic E-state index is 13.7. The minimum atomic E-state index is -4.53. The van der Waals surface area contributed by atoms with E-state index in [1.54, 1.807) is 0 Å². The van der Waals surface area contributed by atoms with Gasteiger partial charge < -0.3 is 14.4 Å². The molecule has 2 heterocycles. The molecule has 0 N–H and O–H groups in total. The van der Waals surface area contributed by atoms with Crippen molar-refractivity contribution in [1.82, 2.24) is 14.0 Å². The number of anilines is 1. The van der Waals surface area contributed by atoms with Gasteiger partial charge in [0.1, 0.15) is 23.3 Å². The summed E-state index contributed by atoms with van der Waals surface area (Å²) in [5, 5.41) is -0.0557. The van der Waals surface area contributed by atoms with Crippen LogP contribution in [-0.4, -0.2) is 74.2 Å². The molecule has 3 rings (SSSR count). The van der Waals surface area contributed by atoms with Gasteiger partial charge in [-0.1, -0.05) is 31.2 Å². The molecular formula is C25H35ClF4N4O4Si. The Morgan fingerprint density at radius 3 is 2.38 bits per heavy atom. The summed E-state index contributed by atoms with van der Waals surface area (Å²) in [7, 11) is -1.28. The molecule has 1 aromatic carbocycles. The second-order valence-corrected chi connectivity index (χ2v) is 16.8. The summed E-state index contributed by atoms with van der Waals surface area (Å²) in [5.41, 5.74) is -0.629. The van der Waals surface area contributed by atoms with Crippen LogP contribution >= 0.6 is 11.6 Å². The van der Waals surface area contributed by atoms with E-state index in [-0.39, 0.29) is 24.0 Å². The van der Waals surface area contributed by atoms with Crippen molar-refractivity contribution >= 4 is 25.4 Å². The van der Waals surface area contributed by atoms with Crippen molar-refractivity contribution in [2.24, 2.45) is 0 Å². The molecule has 0 amide bonds. The fraction of sp³-hybridized carbons (Fsp3) is 0.600. The van der Waals surface area contributed by atoms with Crippen LogP contribution in [0.1, 0.15) is 6.42 Å². The fourth-order valence-electron chi connectivity index (χ4n) is 4.14. The van der Waals surface area contributed by atoms with Gasteiger partial charge in [-0.3, -0.25) is 18.8 Å². The number of nitrogens with zero attached hydrogens (tertiary/aromatic N) is 4. The van der Waals surface area contributed by atoms with Crippen molar-refractivity contribution in [2.75, 3.05) is 50.8 Å². The van der Waals surface area contributed by atoms with Gasteiger partial charge in [0.2, 0.25) is 0 Å². The van der Waals surface area contributed by atoms with E-state index in [4.69, 9.17) is 21.1 Å². The molecule has 1 aliphatic rings. The number of hydrogen-bond acceptors (Lipinski definition) is 6. The Morgan fingerprint density at radius 1 is 1.05 bits per heavy atom. The zero-order chi connectivity index (χ0) is 28.8. The number of alkyl halides is 3. The molecule has 0 bridgehead atoms. The van der Waals surface area contributed by atoms with Crippen LogP contribution in [0.3, 0.4) is 0 Å². The smallest absolute Gasteiger partial charge is 0.422 e. The SMILES string of the molecule is C[Si](C)(C)CCOCn1cc(Cl)c(=O)n(CCCN2CCN(c3ccc(F)cc3OCC(F)(F)F)CC2)c1=O. The van der Waals surface area contributed by atoms with Crippen molar-refractivity contribution in [2.45, 2.75) is 51.6 Å². The lowest BCUT2D eigenvalue weighted by molar-refractivity contribution is -0.153. The van der Waals surface area contributed by atoms with Crippen LogP contribution in [0.5, 0.6) is 5.75 Å². The highest BCUT2D eigenvalue weighted by Gasteiger charge is 2.30. The van der Waals surface area contributed by atoms with E-state index in [0.717, 1.165) is 16.7 Å². The number of aromatic nitrogens is 2. The lowest BCUT2D eigenvalue weighted by Gasteiger charge is -2.36. The number of rotatable bonds is 12. The third kappa shape index (κ3) is 9.66. The number of ether oxygens (including phenoxy) is 2. The van der Waals surface area contributed by atoms with Crippen LogP contribution < -0.4 is 20.9 Å². The highest BCUT2D eigenvalue weighted by molar-refractivity contribution is 6.76. The number of hydrogen-bond donors (Lipinski definition) is 0. The molecule has 0 unspecified atom stereocenters. The molecule has 1 aromatic heterocycles. The lowest BCUT2D eigenvalue weighted by Crippen LogP contribution is -2.47. The zero-order valence-electron chi connectivity index (χ0n) is 22.4. The van der Waals surface area contributed by atoms with Gasteiger partial charge in [-0.05, 0) is 31.1 Å². The van der Waals surface area contributed by atoms with E-state index in [1.807, 2.05) is 4.90 Å². The highest BCUT2D eigenvalue weighted by atomic mass is 35.5. The number of benzene rings is 1. The number of piperazine rings is 1. The second-order valence-electron chi connectivity index (χ2n) is 10.7. The van der Waals surface area contributed by atoms with Crippen LogP contribution in [-0.2, 0) is 18.0 Å². The predicted octanol–water partition coefficient (Wildman–Crippen LogP) is 4.27. The van der Waals surface area contributed by atoms with E-state index in [0.29, 0.717) is 51.4 Å². The zero-order valence-corrected chi connectivity index (χ0v) is 24.2. The molecule has 14 heteroatoms. The Hall–Kier alpha value is -2.35. The molecule has 0 aliphatic carbocycles. The minimum absolute atomic E-state index is 0.0172. The van der Waals surface area contributed by atoms with Gasteiger partial charge in [0.05, 0.1) is 5.69 Å². The third-order valence-electron chi connectivity index (χ3n) is 6.30. The van der Waals surface area contributed by atoms with Gasteiger partial charge in [0.25, 0.3) is 5.56 Å². The van der Waals surface area contributed by atoms with Crippen LogP contribution in [0.15, 0.2) is 34.0 Å². The van der Waals surface area contributed by atoms with E-state index < -0.39 is 37.9 Å². The molecule has 0 saturated carbocycles. The topological polar surface area (TPSA) is 68.9 Å². The quantitative estimate of drug-likeness (QED) is 0.208. The molecule has 0 spiro atoms. The average Bonchev–Trinajstić information content (AvgIpc) is 2.85. The third-order valence-corrected chi connectivity index (χ3v) is 8.27. The lowest BCUT2D eigenvalue weighted by atomic mass is 10.2. The van der Waals surface area contributed by atoms with Gasteiger partial charge in [-0.2, -0.15) is 13.2 Å². The fourth-order valence-corrected chi connectivity index (χ4v) is 5.11. The van der Waals surface area contributed by atoms with Gasteiger partial charge >= 0.3 is 11.9 Å². The average molecular weight is 595 g/mol. The minimum Gasteiger partial charge on any atom is -0.482 e. The van der Waals surface area contributed by atoms with Crippen molar-refractivity contribution in [1.29, 1.82) is 0 Å². The van der Waals surface area contributed by atoms with E-state index >= 15 is 0 Å². The molecular weight excluding hydrogens is 560 g/mol. The Kier molecular flexibility index (Phi) is 10.7. The van der Waals surface area contributed by atoms with E-state index in [2.05, 4.69) is 24.5 Å². The van der Waals surface area contributed by atoms with Gasteiger partial charge in [0, 0.05) is 59.7 Å². The first-order valence-corrected chi connectivity index (χ1v) is 16.9. The van der Waals surface area contributed by atoms with Crippen molar-refractivity contribution in [3.63, 3.8) is 0 Å². The maximum Gasteiger partial charge on any atom is 0.422 e. The second kappa shape index (κ2) is 13.3. The Bertz CT molecular complexity index is 1220. The van der Waals surface area contributed by atoms with Gasteiger partial charge in [-0.25, -0.2) is 9.18 Å². The Morgan fingerprint density at radius 2 is 1.74 bits per heavy atom. The summed E-state index contributed by atoms with van der Waals surface area (Å²) < 4.78 is 64.4. The molecule has 1 aliphatic heterocycles. The molecule has 218 valence electrons. The molecule has 0 radical (unpaired) electrons. The summed E-state index contributed by atoms with van der Waals surface area (Å²) in [6.07, 6.45) is -2.71. The van der Waals surface area contributed by atoms with Gasteiger partial charge in [-0.15, -0.1) is 0 Å². The first kappa shape index (κ1) is 31.2. The van der Waals surface area contributed by atoms with Crippen LogP contribution in [0, 0.1) is 5.82 Å². The summed E-state index contributed by atoms with van der Waals surface area (Å²) in [6.45, 7) is 8.68. The molecule has 39 heavy (non-hydrogen) atoms. The molecule has 8 nitrogen and oxygen atoms in total. The predicted molar refractivity (Wildman–Crippen MR) is 145 cm³/mol. The summed E-state index contributed by atoms with van der Waals surface area (Å²) in [5.74, 6) is -0.829. The maximum atomic E-state index is 13.7. The normalized spacial score (nSPS) is 15.1. The van der Waals surface area contributed by atoms with E-state index in [1.165, 1.54) is 22.9 Å². The summed E-state index contributed by atoms with van der Waals surface area (Å²) in [4.78, 5) is 29.3.